The topological polar surface area (TPSA) is 63.9 Å². The van der Waals surface area contributed by atoms with Crippen LogP contribution >= 0.6 is 0 Å². The van der Waals surface area contributed by atoms with Gasteiger partial charge < -0.3 is 24.1 Å². The third kappa shape index (κ3) is 6.81. The predicted octanol–water partition coefficient (Wildman–Crippen LogP) is 5.38. The number of benzene rings is 2. The number of hydrogen-bond donors (Lipinski definition) is 1. The number of rotatable bonds is 11. The molecule has 164 valence electrons. The molecule has 0 unspecified atom stereocenters. The molecule has 6 heteroatoms. The Bertz CT molecular complexity index is 926. The predicted molar refractivity (Wildman–Crippen MR) is 120 cm³/mol. The van der Waals surface area contributed by atoms with Gasteiger partial charge in [-0.25, -0.2) is 4.79 Å². The minimum atomic E-state index is -0.117. The first-order chi connectivity index (χ1) is 15.2. The zero-order valence-corrected chi connectivity index (χ0v) is 18.2. The molecule has 1 heterocycles. The van der Waals surface area contributed by atoms with Crippen LogP contribution in [0.2, 0.25) is 0 Å². The van der Waals surface area contributed by atoms with Crippen molar-refractivity contribution in [1.29, 1.82) is 0 Å². The Balaban J connectivity index is 1.69. The van der Waals surface area contributed by atoms with E-state index in [1.807, 2.05) is 60.7 Å². The molecular weight excluding hydrogens is 392 g/mol. The van der Waals surface area contributed by atoms with Gasteiger partial charge >= 0.3 is 6.03 Å². The van der Waals surface area contributed by atoms with E-state index in [-0.39, 0.29) is 6.03 Å². The van der Waals surface area contributed by atoms with E-state index >= 15 is 0 Å². The number of unbranched alkanes of at least 4 members (excludes halogenated alkanes) is 1. The largest absolute Gasteiger partial charge is 0.493 e. The molecule has 0 aliphatic rings. The van der Waals surface area contributed by atoms with E-state index in [1.54, 1.807) is 18.3 Å². The fourth-order valence-electron chi connectivity index (χ4n) is 3.16. The summed E-state index contributed by atoms with van der Waals surface area (Å²) in [6.45, 7) is 4.02. The number of nitrogens with one attached hydrogen (secondary N) is 1. The second-order valence-electron chi connectivity index (χ2n) is 7.28. The summed E-state index contributed by atoms with van der Waals surface area (Å²) in [5.41, 5.74) is 2.03. The summed E-state index contributed by atoms with van der Waals surface area (Å²) in [4.78, 5) is 14.5. The standard InChI is InChI=1S/C25H30N2O4/c1-3-4-14-26-25(28)27(18-22-11-8-15-30-22)17-21-12-13-23(24(16-21)29-2)31-19-20-9-6-5-7-10-20/h5-13,15-16H,3-4,14,17-19H2,1-2H3,(H,26,28). The molecule has 31 heavy (non-hydrogen) atoms. The number of hydrogen-bond acceptors (Lipinski definition) is 4. The second kappa shape index (κ2) is 11.7. The zero-order valence-electron chi connectivity index (χ0n) is 18.2. The molecule has 0 spiro atoms. The van der Waals surface area contributed by atoms with Crippen molar-refractivity contribution in [3.8, 4) is 11.5 Å². The van der Waals surface area contributed by atoms with E-state index in [4.69, 9.17) is 13.9 Å². The fraction of sp³-hybridized carbons (Fsp3) is 0.320. The van der Waals surface area contributed by atoms with Crippen LogP contribution in [0.3, 0.4) is 0 Å². The van der Waals surface area contributed by atoms with Gasteiger partial charge in [-0.1, -0.05) is 49.7 Å². The molecule has 0 bridgehead atoms. The van der Waals surface area contributed by atoms with Crippen LogP contribution in [0.15, 0.2) is 71.3 Å². The number of ether oxygens (including phenoxy) is 2. The molecule has 0 radical (unpaired) electrons. The molecule has 3 rings (SSSR count). The van der Waals surface area contributed by atoms with Gasteiger partial charge in [0.05, 0.1) is 19.9 Å². The number of urea groups is 1. The molecule has 0 atom stereocenters. The average Bonchev–Trinajstić information content (AvgIpc) is 3.31. The minimum Gasteiger partial charge on any atom is -0.493 e. The Kier molecular flexibility index (Phi) is 8.40. The van der Waals surface area contributed by atoms with Crippen LogP contribution in [0.1, 0.15) is 36.7 Å². The van der Waals surface area contributed by atoms with Gasteiger partial charge in [0, 0.05) is 13.1 Å². The maximum atomic E-state index is 12.7. The Hall–Kier alpha value is -3.41. The Labute approximate surface area is 183 Å². The zero-order chi connectivity index (χ0) is 21.9. The van der Waals surface area contributed by atoms with Gasteiger partial charge in [0.1, 0.15) is 12.4 Å². The molecule has 2 aromatic carbocycles. The normalized spacial score (nSPS) is 10.5. The molecule has 3 aromatic rings. The lowest BCUT2D eigenvalue weighted by Crippen LogP contribution is -2.39. The van der Waals surface area contributed by atoms with Crippen LogP contribution in [0.25, 0.3) is 0 Å². The SMILES string of the molecule is CCCCNC(=O)N(Cc1ccc(OCc2ccccc2)c(OC)c1)Cc1ccco1. The third-order valence-electron chi connectivity index (χ3n) is 4.86. The molecule has 2 amide bonds. The van der Waals surface area contributed by atoms with Crippen molar-refractivity contribution in [2.75, 3.05) is 13.7 Å². The monoisotopic (exact) mass is 422 g/mol. The summed E-state index contributed by atoms with van der Waals surface area (Å²) in [6.07, 6.45) is 3.59. The molecule has 1 aromatic heterocycles. The molecule has 0 aliphatic heterocycles. The Morgan fingerprint density at radius 2 is 1.84 bits per heavy atom. The summed E-state index contributed by atoms with van der Waals surface area (Å²) >= 11 is 0. The maximum absolute atomic E-state index is 12.7. The van der Waals surface area contributed by atoms with Crippen LogP contribution < -0.4 is 14.8 Å². The lowest BCUT2D eigenvalue weighted by atomic mass is 10.2. The summed E-state index contributed by atoms with van der Waals surface area (Å²) < 4.78 is 16.9. The third-order valence-corrected chi connectivity index (χ3v) is 4.86. The van der Waals surface area contributed by atoms with Gasteiger partial charge in [-0.3, -0.25) is 0 Å². The van der Waals surface area contributed by atoms with Crippen molar-refractivity contribution in [2.24, 2.45) is 0 Å². The summed E-state index contributed by atoms with van der Waals surface area (Å²) in [5.74, 6) is 2.04. The van der Waals surface area contributed by atoms with Gasteiger partial charge in [0.15, 0.2) is 11.5 Å². The fourth-order valence-corrected chi connectivity index (χ4v) is 3.16. The minimum absolute atomic E-state index is 0.117. The highest BCUT2D eigenvalue weighted by atomic mass is 16.5. The summed E-state index contributed by atoms with van der Waals surface area (Å²) in [5, 5.41) is 2.98. The van der Waals surface area contributed by atoms with Gasteiger partial charge in [-0.2, -0.15) is 0 Å². The maximum Gasteiger partial charge on any atom is 0.318 e. The van der Waals surface area contributed by atoms with E-state index in [0.717, 1.165) is 29.7 Å². The van der Waals surface area contributed by atoms with Crippen LogP contribution in [-0.4, -0.2) is 24.6 Å². The smallest absolute Gasteiger partial charge is 0.318 e. The van der Waals surface area contributed by atoms with Crippen LogP contribution in [-0.2, 0) is 19.7 Å². The lowest BCUT2D eigenvalue weighted by Gasteiger charge is -2.23. The number of nitrogens with zero attached hydrogens (tertiary/aromatic N) is 1. The molecule has 0 aliphatic carbocycles. The molecule has 6 nitrogen and oxygen atoms in total. The van der Waals surface area contributed by atoms with Crippen LogP contribution in [0.4, 0.5) is 4.79 Å². The average molecular weight is 423 g/mol. The van der Waals surface area contributed by atoms with Gasteiger partial charge in [0.2, 0.25) is 0 Å². The number of carbonyl (C=O) groups is 1. The van der Waals surface area contributed by atoms with E-state index in [0.29, 0.717) is 37.7 Å². The Morgan fingerprint density at radius 1 is 1.00 bits per heavy atom. The van der Waals surface area contributed by atoms with Crippen molar-refractivity contribution >= 4 is 6.03 Å². The highest BCUT2D eigenvalue weighted by Gasteiger charge is 2.17. The molecule has 0 fully saturated rings. The Morgan fingerprint density at radius 3 is 2.55 bits per heavy atom. The summed E-state index contributed by atoms with van der Waals surface area (Å²) in [6, 6.07) is 19.3. The highest BCUT2D eigenvalue weighted by molar-refractivity contribution is 5.74. The number of methoxy groups -OCH3 is 1. The van der Waals surface area contributed by atoms with Crippen molar-refractivity contribution in [1.82, 2.24) is 10.2 Å². The van der Waals surface area contributed by atoms with Gasteiger partial charge in [0.25, 0.3) is 0 Å². The molecule has 0 saturated carbocycles. The van der Waals surface area contributed by atoms with Crippen molar-refractivity contribution < 1.29 is 18.7 Å². The van der Waals surface area contributed by atoms with E-state index in [2.05, 4.69) is 12.2 Å². The van der Waals surface area contributed by atoms with Crippen LogP contribution in [0, 0.1) is 0 Å². The van der Waals surface area contributed by atoms with E-state index in [1.165, 1.54) is 0 Å². The number of furan rings is 1. The van der Waals surface area contributed by atoms with Crippen molar-refractivity contribution in [2.45, 2.75) is 39.5 Å². The van der Waals surface area contributed by atoms with E-state index in [9.17, 15) is 4.79 Å². The highest BCUT2D eigenvalue weighted by Crippen LogP contribution is 2.29. The first kappa shape index (κ1) is 22.3. The second-order valence-corrected chi connectivity index (χ2v) is 7.28. The summed E-state index contributed by atoms with van der Waals surface area (Å²) in [7, 11) is 1.62. The van der Waals surface area contributed by atoms with Gasteiger partial charge in [-0.15, -0.1) is 0 Å². The van der Waals surface area contributed by atoms with E-state index < -0.39 is 0 Å². The number of carbonyl (C=O) groups excluding carboxylic acids is 1. The molecular formula is C25H30N2O4. The number of amides is 2. The molecule has 0 saturated heterocycles. The van der Waals surface area contributed by atoms with Crippen molar-refractivity contribution in [3.05, 3.63) is 83.8 Å². The van der Waals surface area contributed by atoms with Crippen LogP contribution in [0.5, 0.6) is 11.5 Å². The van der Waals surface area contributed by atoms with Gasteiger partial charge in [-0.05, 0) is 41.8 Å². The lowest BCUT2D eigenvalue weighted by molar-refractivity contribution is 0.187. The first-order valence-corrected chi connectivity index (χ1v) is 10.6. The molecule has 1 N–H and O–H groups in total. The quantitative estimate of drug-likeness (QED) is 0.422. The first-order valence-electron chi connectivity index (χ1n) is 10.6. The van der Waals surface area contributed by atoms with Crippen molar-refractivity contribution in [3.63, 3.8) is 0 Å².